The lowest BCUT2D eigenvalue weighted by Crippen LogP contribution is -2.00. The summed E-state index contributed by atoms with van der Waals surface area (Å²) in [7, 11) is 0. The zero-order chi connectivity index (χ0) is 29.9. The SMILES string of the molecule is Cc1cc(C)cc(-c2cc(-c3ccc(-c4ccccc4)cc3)cc(-c3nc(-c4ccccc4)nc(-c4ccccc4)n3)c2)c1. The van der Waals surface area contributed by atoms with Gasteiger partial charge in [-0.25, -0.2) is 15.0 Å². The first-order valence-corrected chi connectivity index (χ1v) is 14.9. The summed E-state index contributed by atoms with van der Waals surface area (Å²) in [5, 5.41) is 0. The molecule has 6 aromatic carbocycles. The Morgan fingerprint density at radius 2 is 0.591 bits per heavy atom. The highest BCUT2D eigenvalue weighted by molar-refractivity contribution is 5.81. The molecule has 0 saturated carbocycles. The lowest BCUT2D eigenvalue weighted by molar-refractivity contribution is 1.07. The van der Waals surface area contributed by atoms with E-state index >= 15 is 0 Å². The Balaban J connectivity index is 1.42. The van der Waals surface area contributed by atoms with Gasteiger partial charge in [0.2, 0.25) is 0 Å². The minimum atomic E-state index is 0.645. The fourth-order valence-electron chi connectivity index (χ4n) is 5.65. The number of hydrogen-bond acceptors (Lipinski definition) is 3. The summed E-state index contributed by atoms with van der Waals surface area (Å²) in [4.78, 5) is 15.0. The zero-order valence-electron chi connectivity index (χ0n) is 24.8. The number of benzene rings is 6. The molecule has 0 N–H and O–H groups in total. The third kappa shape index (κ3) is 5.81. The van der Waals surface area contributed by atoms with Gasteiger partial charge in [-0.1, -0.05) is 145 Å². The van der Waals surface area contributed by atoms with E-state index in [9.17, 15) is 0 Å². The van der Waals surface area contributed by atoms with Gasteiger partial charge in [-0.3, -0.25) is 0 Å². The molecule has 0 radical (unpaired) electrons. The number of nitrogens with zero attached hydrogens (tertiary/aromatic N) is 3. The average molecular weight is 566 g/mol. The molecule has 0 bridgehead atoms. The van der Waals surface area contributed by atoms with Crippen LogP contribution < -0.4 is 0 Å². The van der Waals surface area contributed by atoms with Gasteiger partial charge in [0.05, 0.1) is 0 Å². The van der Waals surface area contributed by atoms with Crippen molar-refractivity contribution in [1.82, 2.24) is 15.0 Å². The van der Waals surface area contributed by atoms with Gasteiger partial charge in [0, 0.05) is 16.7 Å². The van der Waals surface area contributed by atoms with Crippen LogP contribution >= 0.6 is 0 Å². The molecule has 0 amide bonds. The molecule has 0 aliphatic rings. The highest BCUT2D eigenvalue weighted by Crippen LogP contribution is 2.35. The maximum atomic E-state index is 5.04. The Hall–Kier alpha value is -5.67. The lowest BCUT2D eigenvalue weighted by atomic mass is 9.93. The summed E-state index contributed by atoms with van der Waals surface area (Å²) < 4.78 is 0. The Bertz CT molecular complexity index is 1970. The number of aryl methyl sites for hydroxylation is 2. The summed E-state index contributed by atoms with van der Waals surface area (Å²) in [6.07, 6.45) is 0. The molecule has 1 heterocycles. The third-order valence-electron chi connectivity index (χ3n) is 7.77. The Morgan fingerprint density at radius 3 is 1.07 bits per heavy atom. The molecule has 0 unspecified atom stereocenters. The van der Waals surface area contributed by atoms with E-state index in [4.69, 9.17) is 15.0 Å². The zero-order valence-corrected chi connectivity index (χ0v) is 24.8. The molecule has 7 aromatic rings. The van der Waals surface area contributed by atoms with Crippen LogP contribution in [0.2, 0.25) is 0 Å². The first-order valence-electron chi connectivity index (χ1n) is 14.9. The normalized spacial score (nSPS) is 11.0. The predicted molar refractivity (Wildman–Crippen MR) is 182 cm³/mol. The Kier molecular flexibility index (Phi) is 7.35. The van der Waals surface area contributed by atoms with Crippen LogP contribution in [0.25, 0.3) is 67.5 Å². The monoisotopic (exact) mass is 565 g/mol. The van der Waals surface area contributed by atoms with Crippen molar-refractivity contribution in [3.05, 3.63) is 163 Å². The third-order valence-corrected chi connectivity index (χ3v) is 7.77. The molecule has 3 nitrogen and oxygen atoms in total. The smallest absolute Gasteiger partial charge is 0.164 e. The highest BCUT2D eigenvalue weighted by atomic mass is 15.0. The molecule has 44 heavy (non-hydrogen) atoms. The number of hydrogen-bond donors (Lipinski definition) is 0. The Labute approximate surface area is 258 Å². The molecule has 1 aromatic heterocycles. The highest BCUT2D eigenvalue weighted by Gasteiger charge is 2.15. The van der Waals surface area contributed by atoms with Crippen molar-refractivity contribution in [3.63, 3.8) is 0 Å². The standard InChI is InChI=1S/C41H31N3/c1-28-22-29(2)24-35(23-28)37-25-36(32-20-18-31(19-21-32)30-12-6-3-7-13-30)26-38(27-37)41-43-39(33-14-8-4-9-15-33)42-40(44-41)34-16-10-5-11-17-34/h3-27H,1-2H3. The quantitative estimate of drug-likeness (QED) is 0.201. The van der Waals surface area contributed by atoms with Gasteiger partial charge in [-0.15, -0.1) is 0 Å². The minimum absolute atomic E-state index is 0.645. The second-order valence-corrected chi connectivity index (χ2v) is 11.2. The lowest BCUT2D eigenvalue weighted by Gasteiger charge is -2.13. The summed E-state index contributed by atoms with van der Waals surface area (Å²) in [6, 6.07) is 52.9. The molecule has 0 aliphatic carbocycles. The van der Waals surface area contributed by atoms with Gasteiger partial charge in [0.1, 0.15) is 0 Å². The van der Waals surface area contributed by atoms with Gasteiger partial charge >= 0.3 is 0 Å². The fourth-order valence-corrected chi connectivity index (χ4v) is 5.65. The van der Waals surface area contributed by atoms with Crippen LogP contribution in [0.15, 0.2) is 152 Å². The maximum Gasteiger partial charge on any atom is 0.164 e. The number of aromatic nitrogens is 3. The van der Waals surface area contributed by atoms with Crippen LogP contribution in [0.5, 0.6) is 0 Å². The van der Waals surface area contributed by atoms with Gasteiger partial charge in [0.25, 0.3) is 0 Å². The maximum absolute atomic E-state index is 5.04. The number of rotatable bonds is 6. The summed E-state index contributed by atoms with van der Waals surface area (Å²) in [5.41, 5.74) is 12.3. The van der Waals surface area contributed by atoms with Crippen LogP contribution in [-0.2, 0) is 0 Å². The summed E-state index contributed by atoms with van der Waals surface area (Å²) >= 11 is 0. The fraction of sp³-hybridized carbons (Fsp3) is 0.0488. The van der Waals surface area contributed by atoms with E-state index in [1.165, 1.54) is 27.8 Å². The van der Waals surface area contributed by atoms with E-state index in [0.717, 1.165) is 33.4 Å². The van der Waals surface area contributed by atoms with Crippen LogP contribution in [0.3, 0.4) is 0 Å². The molecule has 0 spiro atoms. The minimum Gasteiger partial charge on any atom is -0.208 e. The summed E-state index contributed by atoms with van der Waals surface area (Å²) in [6.45, 7) is 4.29. The second kappa shape index (κ2) is 11.9. The summed E-state index contributed by atoms with van der Waals surface area (Å²) in [5.74, 6) is 1.95. The van der Waals surface area contributed by atoms with Crippen LogP contribution in [0, 0.1) is 13.8 Å². The van der Waals surface area contributed by atoms with Crippen molar-refractivity contribution in [3.8, 4) is 67.5 Å². The molecule has 210 valence electrons. The molecular weight excluding hydrogens is 534 g/mol. The molecule has 0 atom stereocenters. The van der Waals surface area contributed by atoms with Gasteiger partial charge in [-0.2, -0.15) is 0 Å². The molecule has 7 rings (SSSR count). The van der Waals surface area contributed by atoms with E-state index in [0.29, 0.717) is 17.5 Å². The van der Waals surface area contributed by atoms with Crippen molar-refractivity contribution in [1.29, 1.82) is 0 Å². The first kappa shape index (κ1) is 27.2. The van der Waals surface area contributed by atoms with Gasteiger partial charge in [-0.05, 0) is 65.4 Å². The van der Waals surface area contributed by atoms with Crippen molar-refractivity contribution >= 4 is 0 Å². The molecule has 3 heteroatoms. The topological polar surface area (TPSA) is 38.7 Å². The predicted octanol–water partition coefficient (Wildman–Crippen LogP) is 10.5. The average Bonchev–Trinajstić information content (AvgIpc) is 3.09. The molecule has 0 fully saturated rings. The van der Waals surface area contributed by atoms with Crippen LogP contribution in [-0.4, -0.2) is 15.0 Å². The molecular formula is C41H31N3. The van der Waals surface area contributed by atoms with Crippen molar-refractivity contribution in [2.24, 2.45) is 0 Å². The molecule has 0 aliphatic heterocycles. The van der Waals surface area contributed by atoms with Gasteiger partial charge < -0.3 is 0 Å². The van der Waals surface area contributed by atoms with Gasteiger partial charge in [0.15, 0.2) is 17.5 Å². The second-order valence-electron chi connectivity index (χ2n) is 11.2. The van der Waals surface area contributed by atoms with Crippen molar-refractivity contribution in [2.75, 3.05) is 0 Å². The van der Waals surface area contributed by atoms with E-state index in [-0.39, 0.29) is 0 Å². The van der Waals surface area contributed by atoms with Crippen molar-refractivity contribution < 1.29 is 0 Å². The van der Waals surface area contributed by atoms with E-state index in [1.54, 1.807) is 0 Å². The van der Waals surface area contributed by atoms with Crippen LogP contribution in [0.4, 0.5) is 0 Å². The molecule has 0 saturated heterocycles. The van der Waals surface area contributed by atoms with Crippen LogP contribution in [0.1, 0.15) is 11.1 Å². The van der Waals surface area contributed by atoms with E-state index < -0.39 is 0 Å². The Morgan fingerprint density at radius 1 is 0.273 bits per heavy atom. The van der Waals surface area contributed by atoms with E-state index in [2.05, 4.69) is 98.8 Å². The van der Waals surface area contributed by atoms with E-state index in [1.807, 2.05) is 66.7 Å². The largest absolute Gasteiger partial charge is 0.208 e. The first-order chi connectivity index (χ1) is 21.6. The van der Waals surface area contributed by atoms with Crippen molar-refractivity contribution in [2.45, 2.75) is 13.8 Å².